The minimum absolute atomic E-state index is 0.141. The molecular formula is C15H16Cl2N2O. The van der Waals surface area contributed by atoms with Crippen molar-refractivity contribution in [1.82, 2.24) is 0 Å². The van der Waals surface area contributed by atoms with E-state index in [0.717, 1.165) is 17.0 Å². The molecule has 0 amide bonds. The molecule has 0 saturated heterocycles. The van der Waals surface area contributed by atoms with E-state index in [-0.39, 0.29) is 6.04 Å². The number of anilines is 1. The number of nitrogens with two attached hydrogens (primary N) is 1. The van der Waals surface area contributed by atoms with E-state index in [9.17, 15) is 0 Å². The smallest absolute Gasteiger partial charge is 0.141 e. The molecule has 0 aliphatic rings. The first kappa shape index (κ1) is 15.0. The number of rotatable bonds is 5. The molecule has 2 aromatic rings. The number of hydrogen-bond acceptors (Lipinski definition) is 3. The van der Waals surface area contributed by atoms with Crippen LogP contribution in [0.5, 0.6) is 5.75 Å². The first-order valence-electron chi connectivity index (χ1n) is 6.20. The second-order valence-electron chi connectivity index (χ2n) is 4.30. The molecule has 0 bridgehead atoms. The summed E-state index contributed by atoms with van der Waals surface area (Å²) in [5.74, 6) is 0.754. The Balaban J connectivity index is 2.31. The van der Waals surface area contributed by atoms with Gasteiger partial charge in [-0.1, -0.05) is 35.3 Å². The Morgan fingerprint density at radius 1 is 1.20 bits per heavy atom. The largest absolute Gasteiger partial charge is 0.495 e. The van der Waals surface area contributed by atoms with Crippen LogP contribution in [0.3, 0.4) is 0 Å². The third-order valence-corrected chi connectivity index (χ3v) is 3.59. The van der Waals surface area contributed by atoms with E-state index in [0.29, 0.717) is 16.6 Å². The minimum atomic E-state index is -0.141. The van der Waals surface area contributed by atoms with Gasteiger partial charge in [0.15, 0.2) is 0 Å². The molecule has 5 heteroatoms. The monoisotopic (exact) mass is 310 g/mol. The van der Waals surface area contributed by atoms with Crippen LogP contribution in [-0.2, 0) is 0 Å². The highest BCUT2D eigenvalue weighted by atomic mass is 35.5. The molecule has 0 aliphatic heterocycles. The summed E-state index contributed by atoms with van der Waals surface area (Å²) in [5.41, 5.74) is 7.59. The third-order valence-electron chi connectivity index (χ3n) is 3.01. The second kappa shape index (κ2) is 6.84. The summed E-state index contributed by atoms with van der Waals surface area (Å²) >= 11 is 12.3. The second-order valence-corrected chi connectivity index (χ2v) is 5.14. The SMILES string of the molecule is COc1ccccc1NC(CN)c1cc(Cl)ccc1Cl. The van der Waals surface area contributed by atoms with Gasteiger partial charge in [0.25, 0.3) is 0 Å². The fraction of sp³-hybridized carbons (Fsp3) is 0.200. The molecule has 1 atom stereocenters. The summed E-state index contributed by atoms with van der Waals surface area (Å²) in [5, 5.41) is 4.60. The number of para-hydroxylation sites is 2. The van der Waals surface area contributed by atoms with Crippen molar-refractivity contribution >= 4 is 28.9 Å². The van der Waals surface area contributed by atoms with Gasteiger partial charge in [-0.25, -0.2) is 0 Å². The molecule has 0 aromatic heterocycles. The van der Waals surface area contributed by atoms with Gasteiger partial charge in [0.1, 0.15) is 5.75 Å². The lowest BCUT2D eigenvalue weighted by Crippen LogP contribution is -2.21. The molecule has 0 heterocycles. The minimum Gasteiger partial charge on any atom is -0.495 e. The first-order valence-corrected chi connectivity index (χ1v) is 6.96. The Bertz CT molecular complexity index is 590. The Labute approximate surface area is 128 Å². The highest BCUT2D eigenvalue weighted by Crippen LogP contribution is 2.31. The van der Waals surface area contributed by atoms with Crippen molar-refractivity contribution in [3.8, 4) is 5.75 Å². The van der Waals surface area contributed by atoms with E-state index in [1.165, 1.54) is 0 Å². The first-order chi connectivity index (χ1) is 9.65. The number of ether oxygens (including phenoxy) is 1. The molecule has 2 aromatic carbocycles. The molecule has 3 nitrogen and oxygen atoms in total. The van der Waals surface area contributed by atoms with Gasteiger partial charge in [0.2, 0.25) is 0 Å². The lowest BCUT2D eigenvalue weighted by Gasteiger charge is -2.21. The Kier molecular flexibility index (Phi) is 5.12. The molecule has 1 unspecified atom stereocenters. The van der Waals surface area contributed by atoms with E-state index in [1.807, 2.05) is 30.3 Å². The van der Waals surface area contributed by atoms with E-state index in [2.05, 4.69) is 5.32 Å². The summed E-state index contributed by atoms with van der Waals surface area (Å²) in [6, 6.07) is 12.9. The normalized spacial score (nSPS) is 12.0. The predicted molar refractivity (Wildman–Crippen MR) is 84.9 cm³/mol. The van der Waals surface area contributed by atoms with Crippen LogP contribution in [-0.4, -0.2) is 13.7 Å². The van der Waals surface area contributed by atoms with Crippen molar-refractivity contribution in [2.24, 2.45) is 5.73 Å². The van der Waals surface area contributed by atoms with Crippen molar-refractivity contribution in [2.45, 2.75) is 6.04 Å². The highest BCUT2D eigenvalue weighted by molar-refractivity contribution is 6.33. The van der Waals surface area contributed by atoms with Crippen LogP contribution in [0.15, 0.2) is 42.5 Å². The van der Waals surface area contributed by atoms with Crippen molar-refractivity contribution in [3.05, 3.63) is 58.1 Å². The molecule has 0 aliphatic carbocycles. The molecule has 20 heavy (non-hydrogen) atoms. The maximum Gasteiger partial charge on any atom is 0.141 e. The zero-order valence-electron chi connectivity index (χ0n) is 11.1. The van der Waals surface area contributed by atoms with Gasteiger partial charge in [-0.3, -0.25) is 0 Å². The zero-order chi connectivity index (χ0) is 14.5. The maximum atomic E-state index is 6.22. The summed E-state index contributed by atoms with van der Waals surface area (Å²) in [6.45, 7) is 0.387. The summed E-state index contributed by atoms with van der Waals surface area (Å²) in [6.07, 6.45) is 0. The van der Waals surface area contributed by atoms with Crippen LogP contribution < -0.4 is 15.8 Å². The molecule has 0 spiro atoms. The van der Waals surface area contributed by atoms with E-state index in [1.54, 1.807) is 19.2 Å². The predicted octanol–water partition coefficient (Wildman–Crippen LogP) is 4.11. The molecule has 0 fully saturated rings. The lowest BCUT2D eigenvalue weighted by molar-refractivity contribution is 0.416. The Hall–Kier alpha value is -1.42. The van der Waals surface area contributed by atoms with Gasteiger partial charge >= 0.3 is 0 Å². The van der Waals surface area contributed by atoms with Crippen LogP contribution in [0, 0.1) is 0 Å². The van der Waals surface area contributed by atoms with Crippen molar-refractivity contribution in [1.29, 1.82) is 0 Å². The molecule has 106 valence electrons. The van der Waals surface area contributed by atoms with Crippen molar-refractivity contribution in [3.63, 3.8) is 0 Å². The number of nitrogens with one attached hydrogen (secondary N) is 1. The lowest BCUT2D eigenvalue weighted by atomic mass is 10.1. The highest BCUT2D eigenvalue weighted by Gasteiger charge is 2.15. The molecule has 0 radical (unpaired) electrons. The van der Waals surface area contributed by atoms with Crippen LogP contribution in [0.1, 0.15) is 11.6 Å². The zero-order valence-corrected chi connectivity index (χ0v) is 12.6. The number of benzene rings is 2. The average Bonchev–Trinajstić information content (AvgIpc) is 2.48. The summed E-state index contributed by atoms with van der Waals surface area (Å²) < 4.78 is 5.32. The standard InChI is InChI=1S/C15H16Cl2N2O/c1-20-15-5-3-2-4-13(15)19-14(9-18)11-8-10(16)6-7-12(11)17/h2-8,14,19H,9,18H2,1H3. The number of methoxy groups -OCH3 is 1. The van der Waals surface area contributed by atoms with Crippen LogP contribution >= 0.6 is 23.2 Å². The fourth-order valence-corrected chi connectivity index (χ4v) is 2.43. The van der Waals surface area contributed by atoms with Gasteiger partial charge < -0.3 is 15.8 Å². The van der Waals surface area contributed by atoms with Crippen LogP contribution in [0.2, 0.25) is 10.0 Å². The Morgan fingerprint density at radius 2 is 1.95 bits per heavy atom. The number of hydrogen-bond donors (Lipinski definition) is 2. The quantitative estimate of drug-likeness (QED) is 0.873. The maximum absolute atomic E-state index is 6.22. The summed E-state index contributed by atoms with van der Waals surface area (Å²) in [7, 11) is 1.63. The van der Waals surface area contributed by atoms with Gasteiger partial charge in [-0.2, -0.15) is 0 Å². The van der Waals surface area contributed by atoms with Crippen molar-refractivity contribution in [2.75, 3.05) is 19.0 Å². The van der Waals surface area contributed by atoms with Crippen molar-refractivity contribution < 1.29 is 4.74 Å². The third kappa shape index (κ3) is 3.37. The van der Waals surface area contributed by atoms with E-state index < -0.39 is 0 Å². The van der Waals surface area contributed by atoms with Crippen LogP contribution in [0.25, 0.3) is 0 Å². The van der Waals surface area contributed by atoms with Gasteiger partial charge in [-0.15, -0.1) is 0 Å². The topological polar surface area (TPSA) is 47.3 Å². The van der Waals surface area contributed by atoms with Crippen LogP contribution in [0.4, 0.5) is 5.69 Å². The summed E-state index contributed by atoms with van der Waals surface area (Å²) in [4.78, 5) is 0. The van der Waals surface area contributed by atoms with Gasteiger partial charge in [0.05, 0.1) is 18.8 Å². The molecule has 0 saturated carbocycles. The van der Waals surface area contributed by atoms with Gasteiger partial charge in [0, 0.05) is 16.6 Å². The molecule has 2 rings (SSSR count). The average molecular weight is 311 g/mol. The molecule has 3 N–H and O–H groups in total. The fourth-order valence-electron chi connectivity index (χ4n) is 2.00. The van der Waals surface area contributed by atoms with E-state index in [4.69, 9.17) is 33.7 Å². The van der Waals surface area contributed by atoms with Gasteiger partial charge in [-0.05, 0) is 35.9 Å². The molecular weight excluding hydrogens is 295 g/mol. The van der Waals surface area contributed by atoms with E-state index >= 15 is 0 Å². The number of halogens is 2. The Morgan fingerprint density at radius 3 is 2.65 bits per heavy atom.